The third-order valence-electron chi connectivity index (χ3n) is 5.44. The monoisotopic (exact) mass is 532 g/mol. The Labute approximate surface area is 208 Å². The molecule has 2 heterocycles. The van der Waals surface area contributed by atoms with Gasteiger partial charge in [-0.1, -0.05) is 12.1 Å². The van der Waals surface area contributed by atoms with E-state index in [0.29, 0.717) is 27.7 Å². The number of rotatable bonds is 6. The number of hydrogen-bond donors (Lipinski definition) is 0. The normalized spacial score (nSPS) is 11.2. The van der Waals surface area contributed by atoms with E-state index in [9.17, 15) is 31.5 Å². The van der Waals surface area contributed by atoms with Crippen molar-refractivity contribution in [2.75, 3.05) is 13.7 Å². The maximum Gasteiger partial charge on any atom is 0.349 e. The van der Waals surface area contributed by atoms with Crippen LogP contribution in [0.3, 0.4) is 0 Å². The number of fused-ring (bicyclic) bond motifs is 2. The van der Waals surface area contributed by atoms with E-state index < -0.39 is 53.0 Å². The van der Waals surface area contributed by atoms with Gasteiger partial charge in [0.05, 0.1) is 7.11 Å². The lowest BCUT2D eigenvalue weighted by molar-refractivity contribution is -0.136. The first kappa shape index (κ1) is 24.8. The number of esters is 1. The zero-order valence-electron chi connectivity index (χ0n) is 19.1. The van der Waals surface area contributed by atoms with Crippen molar-refractivity contribution in [2.24, 2.45) is 0 Å². The number of ether oxygens (including phenoxy) is 3. The summed E-state index contributed by atoms with van der Waals surface area (Å²) in [6.07, 6.45) is 0. The molecule has 0 fully saturated rings. The van der Waals surface area contributed by atoms with Crippen LogP contribution in [0.5, 0.6) is 17.2 Å². The molecule has 5 rings (SSSR count). The number of carbonyl (C=O) groups excluding carboxylic acids is 1. The fourth-order valence-corrected chi connectivity index (χ4v) is 3.74. The van der Waals surface area contributed by atoms with E-state index in [1.165, 1.54) is 31.4 Å². The van der Waals surface area contributed by atoms with Crippen LogP contribution in [0.1, 0.15) is 0 Å². The fourth-order valence-electron chi connectivity index (χ4n) is 3.74. The number of para-hydroxylation sites is 1. The summed E-state index contributed by atoms with van der Waals surface area (Å²) in [7, 11) is 1.47. The van der Waals surface area contributed by atoms with Crippen LogP contribution in [0.4, 0.5) is 22.0 Å². The highest BCUT2D eigenvalue weighted by molar-refractivity contribution is 5.96. The van der Waals surface area contributed by atoms with Gasteiger partial charge in [0.15, 0.2) is 23.7 Å². The molecule has 0 atom stereocenters. The Kier molecular flexibility index (Phi) is 6.23. The number of benzene rings is 3. The summed E-state index contributed by atoms with van der Waals surface area (Å²) >= 11 is 0. The molecule has 194 valence electrons. The first-order valence-electron chi connectivity index (χ1n) is 10.7. The summed E-state index contributed by atoms with van der Waals surface area (Å²) in [5, 5.41) is 0.988. The van der Waals surface area contributed by atoms with Crippen LogP contribution in [0.2, 0.25) is 0 Å². The van der Waals surface area contributed by atoms with Crippen LogP contribution in [-0.4, -0.2) is 19.7 Å². The van der Waals surface area contributed by atoms with Gasteiger partial charge in [-0.25, -0.2) is 22.8 Å². The lowest BCUT2D eigenvalue weighted by Crippen LogP contribution is -2.19. The molecule has 12 heteroatoms. The van der Waals surface area contributed by atoms with Crippen LogP contribution in [0, 0.1) is 29.1 Å². The smallest absolute Gasteiger partial charge is 0.349 e. The third kappa shape index (κ3) is 4.29. The van der Waals surface area contributed by atoms with E-state index in [4.69, 9.17) is 18.3 Å². The van der Waals surface area contributed by atoms with Crippen molar-refractivity contribution in [2.45, 2.75) is 0 Å². The molecule has 0 amide bonds. The van der Waals surface area contributed by atoms with Crippen molar-refractivity contribution in [3.8, 4) is 28.6 Å². The molecule has 0 aliphatic heterocycles. The standard InChI is InChI=1S/C26H13F5O7/c1-34-16-4-2-3-11-7-17(38-25(11)16)14-9-18(32)37-15-6-5-12(8-13(14)15)36-19(33)10-35-26-23(30)21(28)20(27)22(29)24(26)31/h2-9H,10H2,1H3. The number of methoxy groups -OCH3 is 1. The second-order valence-corrected chi connectivity index (χ2v) is 7.79. The lowest BCUT2D eigenvalue weighted by Gasteiger charge is -2.10. The van der Waals surface area contributed by atoms with Gasteiger partial charge in [0.2, 0.25) is 29.1 Å². The molecule has 0 N–H and O–H groups in total. The molecule has 0 aliphatic carbocycles. The Morgan fingerprint density at radius 3 is 2.29 bits per heavy atom. The van der Waals surface area contributed by atoms with Gasteiger partial charge in [-0.2, -0.15) is 8.78 Å². The lowest BCUT2D eigenvalue weighted by atomic mass is 10.1. The first-order chi connectivity index (χ1) is 18.2. The van der Waals surface area contributed by atoms with Crippen molar-refractivity contribution in [1.82, 2.24) is 0 Å². The highest BCUT2D eigenvalue weighted by Crippen LogP contribution is 2.37. The minimum atomic E-state index is -2.36. The first-order valence-corrected chi connectivity index (χ1v) is 10.7. The molecule has 0 radical (unpaired) electrons. The zero-order chi connectivity index (χ0) is 27.1. The molecule has 5 aromatic rings. The maximum absolute atomic E-state index is 13.8. The summed E-state index contributed by atoms with van der Waals surface area (Å²) in [5.41, 5.74) is 0.169. The average molecular weight is 532 g/mol. The van der Waals surface area contributed by atoms with E-state index in [1.54, 1.807) is 24.3 Å². The Morgan fingerprint density at radius 2 is 1.58 bits per heavy atom. The highest BCUT2D eigenvalue weighted by Gasteiger charge is 2.27. The molecule has 0 bridgehead atoms. The Hall–Kier alpha value is -4.87. The summed E-state index contributed by atoms with van der Waals surface area (Å²) in [6.45, 7) is -1.18. The fraction of sp³-hybridized carbons (Fsp3) is 0.0769. The highest BCUT2D eigenvalue weighted by atomic mass is 19.2. The predicted molar refractivity (Wildman–Crippen MR) is 122 cm³/mol. The number of furan rings is 1. The molecule has 0 saturated heterocycles. The van der Waals surface area contributed by atoms with Gasteiger partial charge >= 0.3 is 11.6 Å². The Bertz CT molecular complexity index is 1760. The summed E-state index contributed by atoms with van der Waals surface area (Å²) < 4.78 is 93.4. The molecule has 0 unspecified atom stereocenters. The molecular weight excluding hydrogens is 519 g/mol. The van der Waals surface area contributed by atoms with E-state index in [0.717, 1.165) is 0 Å². The van der Waals surface area contributed by atoms with E-state index in [1.807, 2.05) is 0 Å². The predicted octanol–water partition coefficient (Wildman–Crippen LogP) is 5.89. The van der Waals surface area contributed by atoms with Gasteiger partial charge < -0.3 is 23.0 Å². The maximum atomic E-state index is 13.8. The largest absolute Gasteiger partial charge is 0.493 e. The van der Waals surface area contributed by atoms with Gasteiger partial charge in [0, 0.05) is 22.4 Å². The minimum absolute atomic E-state index is 0.104. The van der Waals surface area contributed by atoms with Crippen LogP contribution in [0.15, 0.2) is 62.2 Å². The summed E-state index contributed by atoms with van der Waals surface area (Å²) in [6, 6.07) is 12.0. The zero-order valence-corrected chi connectivity index (χ0v) is 19.1. The van der Waals surface area contributed by atoms with Gasteiger partial charge in [-0.3, -0.25) is 0 Å². The third-order valence-corrected chi connectivity index (χ3v) is 5.44. The SMILES string of the molecule is COc1cccc2cc(-c3cc(=O)oc4ccc(OC(=O)COc5c(F)c(F)c(F)c(F)c5F)cc34)oc12. The Morgan fingerprint density at radius 1 is 0.868 bits per heavy atom. The molecule has 7 nitrogen and oxygen atoms in total. The number of carbonyl (C=O) groups is 1. The van der Waals surface area contributed by atoms with Crippen LogP contribution < -0.4 is 19.8 Å². The summed E-state index contributed by atoms with van der Waals surface area (Å²) in [4.78, 5) is 24.4. The topological polar surface area (TPSA) is 88.1 Å². The van der Waals surface area contributed by atoms with Gasteiger partial charge in [0.25, 0.3) is 0 Å². The van der Waals surface area contributed by atoms with Crippen molar-refractivity contribution in [3.05, 3.63) is 88.0 Å². The number of hydrogen-bond acceptors (Lipinski definition) is 7. The molecule has 0 aliphatic rings. The van der Waals surface area contributed by atoms with Gasteiger partial charge in [0.1, 0.15) is 17.1 Å². The quantitative estimate of drug-likeness (QED) is 0.0673. The van der Waals surface area contributed by atoms with Crippen molar-refractivity contribution in [1.29, 1.82) is 0 Å². The van der Waals surface area contributed by atoms with Crippen molar-refractivity contribution >= 4 is 27.9 Å². The molecule has 0 saturated carbocycles. The summed E-state index contributed by atoms with van der Waals surface area (Å²) in [5.74, 6) is -13.5. The number of halogens is 5. The molecule has 3 aromatic carbocycles. The van der Waals surface area contributed by atoms with E-state index >= 15 is 0 Å². The van der Waals surface area contributed by atoms with E-state index in [2.05, 4.69) is 4.74 Å². The van der Waals surface area contributed by atoms with E-state index in [-0.39, 0.29) is 17.1 Å². The molecule has 0 spiro atoms. The van der Waals surface area contributed by atoms with Crippen LogP contribution >= 0.6 is 0 Å². The van der Waals surface area contributed by atoms with Crippen molar-refractivity contribution < 1.29 is 49.8 Å². The van der Waals surface area contributed by atoms with Gasteiger partial charge in [-0.15, -0.1) is 0 Å². The second kappa shape index (κ2) is 9.54. The molecule has 38 heavy (non-hydrogen) atoms. The molecular formula is C26H13F5O7. The average Bonchev–Trinajstić information content (AvgIpc) is 3.35. The molecule has 2 aromatic heterocycles. The van der Waals surface area contributed by atoms with Crippen LogP contribution in [0.25, 0.3) is 33.3 Å². The second-order valence-electron chi connectivity index (χ2n) is 7.79. The van der Waals surface area contributed by atoms with Gasteiger partial charge in [-0.05, 0) is 30.3 Å². The Balaban J connectivity index is 1.44. The minimum Gasteiger partial charge on any atom is -0.493 e. The van der Waals surface area contributed by atoms with Crippen molar-refractivity contribution in [3.63, 3.8) is 0 Å². The van der Waals surface area contributed by atoms with Crippen LogP contribution in [-0.2, 0) is 4.79 Å².